The van der Waals surface area contributed by atoms with Crippen molar-refractivity contribution < 1.29 is 8.42 Å². The lowest BCUT2D eigenvalue weighted by Gasteiger charge is -2.30. The zero-order valence-corrected chi connectivity index (χ0v) is 12.2. The van der Waals surface area contributed by atoms with E-state index >= 15 is 0 Å². The molecule has 2 rings (SSSR count). The Morgan fingerprint density at radius 3 is 2.84 bits per heavy atom. The number of nitrogen functional groups attached to an aromatic ring is 1. The van der Waals surface area contributed by atoms with Crippen molar-refractivity contribution in [3.8, 4) is 0 Å². The van der Waals surface area contributed by atoms with E-state index in [0.29, 0.717) is 25.5 Å². The van der Waals surface area contributed by atoms with Gasteiger partial charge in [0.1, 0.15) is 0 Å². The molecule has 1 aliphatic heterocycles. The summed E-state index contributed by atoms with van der Waals surface area (Å²) < 4.78 is 26.5. The van der Waals surface area contributed by atoms with Crippen molar-refractivity contribution in [2.24, 2.45) is 5.92 Å². The molecule has 1 fully saturated rings. The van der Waals surface area contributed by atoms with Crippen molar-refractivity contribution in [1.82, 2.24) is 19.3 Å². The van der Waals surface area contributed by atoms with E-state index in [2.05, 4.69) is 10.3 Å². The van der Waals surface area contributed by atoms with Crippen LogP contribution in [0.15, 0.2) is 0 Å². The first-order valence-electron chi connectivity index (χ1n) is 6.54. The van der Waals surface area contributed by atoms with Gasteiger partial charge in [-0.05, 0) is 25.2 Å². The minimum atomic E-state index is -3.10. The highest BCUT2D eigenvalue weighted by molar-refractivity contribution is 7.88. The molecule has 0 amide bonds. The van der Waals surface area contributed by atoms with Crippen molar-refractivity contribution in [1.29, 1.82) is 0 Å². The minimum absolute atomic E-state index is 0.273. The number of hydrogen-bond donors (Lipinski definition) is 1. The van der Waals surface area contributed by atoms with Crippen molar-refractivity contribution in [3.63, 3.8) is 0 Å². The SMILES string of the molecule is CCc1c(N)nnn1CC1CCCN(S(C)(=O)=O)C1. The van der Waals surface area contributed by atoms with E-state index in [4.69, 9.17) is 5.73 Å². The first kappa shape index (κ1) is 14.3. The molecule has 1 aliphatic rings. The molecule has 0 bridgehead atoms. The monoisotopic (exact) mass is 287 g/mol. The summed E-state index contributed by atoms with van der Waals surface area (Å²) in [4.78, 5) is 0. The molecule has 1 saturated heterocycles. The molecular weight excluding hydrogens is 266 g/mol. The van der Waals surface area contributed by atoms with Crippen LogP contribution < -0.4 is 5.73 Å². The van der Waals surface area contributed by atoms with Gasteiger partial charge in [-0.25, -0.2) is 17.4 Å². The van der Waals surface area contributed by atoms with Crippen LogP contribution in [0.5, 0.6) is 0 Å². The summed E-state index contributed by atoms with van der Waals surface area (Å²) in [5.74, 6) is 0.744. The van der Waals surface area contributed by atoms with Crippen LogP contribution in [0.2, 0.25) is 0 Å². The highest BCUT2D eigenvalue weighted by Crippen LogP contribution is 2.21. The minimum Gasteiger partial charge on any atom is -0.381 e. The Bertz CT molecular complexity index is 539. The van der Waals surface area contributed by atoms with Gasteiger partial charge in [0.05, 0.1) is 11.9 Å². The summed E-state index contributed by atoms with van der Waals surface area (Å²) in [6.45, 7) is 3.87. The zero-order chi connectivity index (χ0) is 14.0. The molecule has 8 heteroatoms. The molecule has 1 aromatic rings. The molecule has 2 heterocycles. The molecule has 1 unspecified atom stereocenters. The standard InChI is InChI=1S/C11H21N5O2S/c1-3-10-11(12)13-14-16(10)8-9-5-4-6-15(7-9)19(2,17)18/h9H,3-8,12H2,1-2H3. The van der Waals surface area contributed by atoms with Crippen molar-refractivity contribution in [3.05, 3.63) is 5.69 Å². The zero-order valence-electron chi connectivity index (χ0n) is 11.4. The predicted octanol–water partition coefficient (Wildman–Crippen LogP) is 0.0943. The van der Waals surface area contributed by atoms with E-state index in [1.54, 1.807) is 4.31 Å². The topological polar surface area (TPSA) is 94.1 Å². The number of nitrogens with zero attached hydrogens (tertiary/aromatic N) is 4. The second kappa shape index (κ2) is 5.46. The summed E-state index contributed by atoms with van der Waals surface area (Å²) in [5, 5.41) is 7.92. The molecule has 7 nitrogen and oxygen atoms in total. The summed E-state index contributed by atoms with van der Waals surface area (Å²) in [5.41, 5.74) is 6.68. The van der Waals surface area contributed by atoms with Crippen LogP contribution in [0, 0.1) is 5.92 Å². The summed E-state index contributed by atoms with van der Waals surface area (Å²) in [6, 6.07) is 0. The summed E-state index contributed by atoms with van der Waals surface area (Å²) >= 11 is 0. The molecule has 1 atom stereocenters. The van der Waals surface area contributed by atoms with Crippen LogP contribution in [-0.4, -0.2) is 47.1 Å². The normalized spacial score (nSPS) is 21.7. The van der Waals surface area contributed by atoms with E-state index in [9.17, 15) is 8.42 Å². The van der Waals surface area contributed by atoms with Crippen molar-refractivity contribution >= 4 is 15.8 Å². The highest BCUT2D eigenvalue weighted by Gasteiger charge is 2.26. The second-order valence-corrected chi connectivity index (χ2v) is 7.07. The molecule has 108 valence electrons. The van der Waals surface area contributed by atoms with Crippen LogP contribution in [0.4, 0.5) is 5.82 Å². The third kappa shape index (κ3) is 3.24. The van der Waals surface area contributed by atoms with Crippen molar-refractivity contribution in [2.45, 2.75) is 32.7 Å². The number of sulfonamides is 1. The van der Waals surface area contributed by atoms with Gasteiger partial charge in [-0.15, -0.1) is 5.10 Å². The lowest BCUT2D eigenvalue weighted by molar-refractivity contribution is 0.238. The van der Waals surface area contributed by atoms with Gasteiger partial charge in [-0.1, -0.05) is 12.1 Å². The second-order valence-electron chi connectivity index (χ2n) is 5.09. The Balaban J connectivity index is 2.07. The Kier molecular flexibility index (Phi) is 4.10. The van der Waals surface area contributed by atoms with Crippen LogP contribution in [0.25, 0.3) is 0 Å². The fraction of sp³-hybridized carbons (Fsp3) is 0.818. The lowest BCUT2D eigenvalue weighted by atomic mass is 10.00. The van der Waals surface area contributed by atoms with Crippen LogP contribution in [0.1, 0.15) is 25.5 Å². The quantitative estimate of drug-likeness (QED) is 0.847. The van der Waals surface area contributed by atoms with Gasteiger partial charge >= 0.3 is 0 Å². The molecule has 0 radical (unpaired) electrons. The van der Waals surface area contributed by atoms with E-state index in [1.165, 1.54) is 6.26 Å². The number of rotatable bonds is 4. The third-order valence-electron chi connectivity index (χ3n) is 3.58. The number of anilines is 1. The number of nitrogens with two attached hydrogens (primary N) is 1. The predicted molar refractivity (Wildman–Crippen MR) is 73.0 cm³/mol. The molecule has 0 spiro atoms. The smallest absolute Gasteiger partial charge is 0.211 e. The van der Waals surface area contributed by atoms with E-state index in [1.807, 2.05) is 11.6 Å². The molecule has 1 aromatic heterocycles. The van der Waals surface area contributed by atoms with Crippen LogP contribution in [0.3, 0.4) is 0 Å². The average molecular weight is 287 g/mol. The Labute approximate surface area is 113 Å². The first-order chi connectivity index (χ1) is 8.91. The highest BCUT2D eigenvalue weighted by atomic mass is 32.2. The van der Waals surface area contributed by atoms with Crippen LogP contribution >= 0.6 is 0 Å². The maximum atomic E-state index is 11.6. The fourth-order valence-electron chi connectivity index (χ4n) is 2.58. The van der Waals surface area contributed by atoms with E-state index in [0.717, 1.165) is 25.0 Å². The molecule has 19 heavy (non-hydrogen) atoms. The Hall–Kier alpha value is -1.15. The molecule has 0 aromatic carbocycles. The Morgan fingerprint density at radius 2 is 2.21 bits per heavy atom. The number of piperidine rings is 1. The largest absolute Gasteiger partial charge is 0.381 e. The lowest BCUT2D eigenvalue weighted by Crippen LogP contribution is -2.40. The van der Waals surface area contributed by atoms with Crippen LogP contribution in [-0.2, 0) is 23.0 Å². The van der Waals surface area contributed by atoms with Gasteiger partial charge < -0.3 is 5.73 Å². The summed E-state index contributed by atoms with van der Waals surface area (Å²) in [7, 11) is -3.10. The fourth-order valence-corrected chi connectivity index (χ4v) is 3.52. The van der Waals surface area contributed by atoms with E-state index < -0.39 is 10.0 Å². The number of hydrogen-bond acceptors (Lipinski definition) is 5. The van der Waals surface area contributed by atoms with Gasteiger partial charge in [-0.3, -0.25) is 0 Å². The molecular formula is C11H21N5O2S. The molecule has 0 aliphatic carbocycles. The number of aromatic nitrogens is 3. The van der Waals surface area contributed by atoms with Crippen molar-refractivity contribution in [2.75, 3.05) is 25.1 Å². The maximum absolute atomic E-state index is 11.6. The molecule has 0 saturated carbocycles. The maximum Gasteiger partial charge on any atom is 0.211 e. The van der Waals surface area contributed by atoms with Gasteiger partial charge in [0, 0.05) is 19.6 Å². The van der Waals surface area contributed by atoms with Gasteiger partial charge in [0.2, 0.25) is 10.0 Å². The third-order valence-corrected chi connectivity index (χ3v) is 4.85. The van der Waals surface area contributed by atoms with Gasteiger partial charge in [0.15, 0.2) is 5.82 Å². The van der Waals surface area contributed by atoms with Gasteiger partial charge in [0.25, 0.3) is 0 Å². The summed E-state index contributed by atoms with van der Waals surface area (Å²) in [6.07, 6.45) is 3.94. The first-order valence-corrected chi connectivity index (χ1v) is 8.39. The van der Waals surface area contributed by atoms with Gasteiger partial charge in [-0.2, -0.15) is 0 Å². The van der Waals surface area contributed by atoms with E-state index in [-0.39, 0.29) is 5.92 Å². The Morgan fingerprint density at radius 1 is 1.47 bits per heavy atom. The molecule has 2 N–H and O–H groups in total. The average Bonchev–Trinajstić information content (AvgIpc) is 2.69.